The maximum absolute atomic E-state index is 12.0. The van der Waals surface area contributed by atoms with Gasteiger partial charge in [-0.05, 0) is 24.0 Å². The van der Waals surface area contributed by atoms with Crippen LogP contribution in [0.1, 0.15) is 37.4 Å². The van der Waals surface area contributed by atoms with Crippen LogP contribution in [-0.4, -0.2) is 18.4 Å². The normalized spacial score (nSPS) is 20.9. The average Bonchev–Trinajstić information content (AvgIpc) is 2.77. The summed E-state index contributed by atoms with van der Waals surface area (Å²) in [5, 5.41) is 5.94. The maximum atomic E-state index is 12.0. The van der Waals surface area contributed by atoms with Gasteiger partial charge < -0.3 is 5.32 Å². The van der Waals surface area contributed by atoms with E-state index in [9.17, 15) is 4.79 Å². The number of aryl methyl sites for hydroxylation is 1. The first kappa shape index (κ1) is 12.6. The van der Waals surface area contributed by atoms with Crippen LogP contribution in [0, 0.1) is 0 Å². The molecule has 0 saturated carbocycles. The quantitative estimate of drug-likeness (QED) is 0.849. The molecule has 1 aromatic rings. The summed E-state index contributed by atoms with van der Waals surface area (Å²) >= 11 is 0. The predicted octanol–water partition coefficient (Wildman–Crippen LogP) is 1.78. The summed E-state index contributed by atoms with van der Waals surface area (Å²) in [5.74, 6) is 0.573. The Hall–Kier alpha value is -1.84. The van der Waals surface area contributed by atoms with Crippen molar-refractivity contribution in [1.29, 1.82) is 0 Å². The van der Waals surface area contributed by atoms with Crippen LogP contribution in [0.3, 0.4) is 0 Å². The maximum Gasteiger partial charge on any atom is 0.253 e. The highest BCUT2D eigenvalue weighted by atomic mass is 16.2. The predicted molar refractivity (Wildman–Crippen MR) is 72.4 cm³/mol. The number of carbonyl (C=O) groups is 1. The van der Waals surface area contributed by atoms with E-state index < -0.39 is 0 Å². The lowest BCUT2D eigenvalue weighted by atomic mass is 9.99. The molecule has 1 amide bonds. The minimum absolute atomic E-state index is 0.0225. The van der Waals surface area contributed by atoms with Gasteiger partial charge in [-0.2, -0.15) is 0 Å². The Morgan fingerprint density at radius 2 is 2.06 bits per heavy atom. The smallest absolute Gasteiger partial charge is 0.253 e. The average molecular weight is 245 g/mol. The van der Waals surface area contributed by atoms with Crippen LogP contribution >= 0.6 is 0 Å². The van der Waals surface area contributed by atoms with Gasteiger partial charge in [-0.25, -0.2) is 0 Å². The second-order valence-corrected chi connectivity index (χ2v) is 4.35. The van der Waals surface area contributed by atoms with Gasteiger partial charge in [-0.3, -0.25) is 15.1 Å². The highest BCUT2D eigenvalue weighted by Crippen LogP contribution is 2.21. The molecule has 4 nitrogen and oxygen atoms in total. The largest absolute Gasteiger partial charge is 0.340 e. The van der Waals surface area contributed by atoms with Crippen molar-refractivity contribution in [1.82, 2.24) is 10.6 Å². The summed E-state index contributed by atoms with van der Waals surface area (Å²) in [6.45, 7) is 4.88. The number of carbonyl (C=O) groups excluding carboxylic acids is 1. The molecule has 18 heavy (non-hydrogen) atoms. The summed E-state index contributed by atoms with van der Waals surface area (Å²) < 4.78 is 0. The third kappa shape index (κ3) is 2.53. The summed E-state index contributed by atoms with van der Waals surface area (Å²) in [4.78, 5) is 16.3. The van der Waals surface area contributed by atoms with Crippen LogP contribution in [0.15, 0.2) is 29.3 Å². The third-order valence-corrected chi connectivity index (χ3v) is 3.03. The Kier molecular flexibility index (Phi) is 3.97. The van der Waals surface area contributed by atoms with Crippen molar-refractivity contribution in [2.24, 2.45) is 4.99 Å². The van der Waals surface area contributed by atoms with Gasteiger partial charge in [0, 0.05) is 6.54 Å². The number of guanidine groups is 1. The molecule has 2 N–H and O–H groups in total. The van der Waals surface area contributed by atoms with E-state index in [4.69, 9.17) is 0 Å². The first-order valence-corrected chi connectivity index (χ1v) is 6.46. The SMILES string of the molecule is CCCN=C1NC(=O)C(c2ccccc2CC)N1. The van der Waals surface area contributed by atoms with Crippen LogP contribution in [0.5, 0.6) is 0 Å². The van der Waals surface area contributed by atoms with E-state index in [1.807, 2.05) is 18.2 Å². The number of nitrogens with zero attached hydrogens (tertiary/aromatic N) is 1. The molecule has 1 aromatic carbocycles. The van der Waals surface area contributed by atoms with Crippen molar-refractivity contribution in [3.05, 3.63) is 35.4 Å². The van der Waals surface area contributed by atoms with Gasteiger partial charge in [0.1, 0.15) is 6.04 Å². The van der Waals surface area contributed by atoms with Crippen molar-refractivity contribution < 1.29 is 4.79 Å². The second kappa shape index (κ2) is 5.67. The Morgan fingerprint density at radius 1 is 1.28 bits per heavy atom. The Balaban J connectivity index is 2.21. The Bertz CT molecular complexity index is 468. The van der Waals surface area contributed by atoms with Crippen molar-refractivity contribution in [3.63, 3.8) is 0 Å². The Morgan fingerprint density at radius 3 is 2.78 bits per heavy atom. The molecule has 0 bridgehead atoms. The van der Waals surface area contributed by atoms with Crippen LogP contribution < -0.4 is 10.6 Å². The van der Waals surface area contributed by atoms with E-state index >= 15 is 0 Å². The number of rotatable bonds is 4. The number of nitrogens with one attached hydrogen (secondary N) is 2. The first-order valence-electron chi connectivity index (χ1n) is 6.46. The van der Waals surface area contributed by atoms with Crippen LogP contribution in [0.2, 0.25) is 0 Å². The topological polar surface area (TPSA) is 53.5 Å². The number of amides is 1. The molecule has 1 aliphatic rings. The number of hydrogen-bond donors (Lipinski definition) is 2. The third-order valence-electron chi connectivity index (χ3n) is 3.03. The van der Waals surface area contributed by atoms with Crippen LogP contribution in [-0.2, 0) is 11.2 Å². The van der Waals surface area contributed by atoms with Gasteiger partial charge in [-0.1, -0.05) is 38.1 Å². The molecule has 0 aliphatic carbocycles. The zero-order chi connectivity index (χ0) is 13.0. The molecule has 1 saturated heterocycles. The molecular formula is C14H19N3O. The molecule has 96 valence electrons. The van der Waals surface area contributed by atoms with E-state index in [0.29, 0.717) is 5.96 Å². The summed E-state index contributed by atoms with van der Waals surface area (Å²) in [5.41, 5.74) is 2.24. The first-order chi connectivity index (χ1) is 8.76. The molecule has 1 heterocycles. The lowest BCUT2D eigenvalue weighted by Crippen LogP contribution is -2.25. The number of benzene rings is 1. The molecule has 2 rings (SSSR count). The highest BCUT2D eigenvalue weighted by Gasteiger charge is 2.30. The molecule has 1 unspecified atom stereocenters. The number of hydrogen-bond acceptors (Lipinski definition) is 2. The lowest BCUT2D eigenvalue weighted by Gasteiger charge is -2.12. The van der Waals surface area contributed by atoms with Gasteiger partial charge in [0.15, 0.2) is 5.96 Å². The minimum Gasteiger partial charge on any atom is -0.340 e. The standard InChI is InChI=1S/C14H19N3O/c1-3-9-15-14-16-12(13(18)17-14)11-8-6-5-7-10(11)4-2/h5-8,12H,3-4,9H2,1-2H3,(H2,15,16,17,18). The van der Waals surface area contributed by atoms with Gasteiger partial charge in [0.2, 0.25) is 0 Å². The van der Waals surface area contributed by atoms with Gasteiger partial charge in [0.05, 0.1) is 0 Å². The van der Waals surface area contributed by atoms with E-state index in [1.165, 1.54) is 5.56 Å². The lowest BCUT2D eigenvalue weighted by molar-refractivity contribution is -0.120. The van der Waals surface area contributed by atoms with Gasteiger partial charge in [0.25, 0.3) is 5.91 Å². The van der Waals surface area contributed by atoms with E-state index in [2.05, 4.69) is 35.5 Å². The second-order valence-electron chi connectivity index (χ2n) is 4.35. The fraction of sp³-hybridized carbons (Fsp3) is 0.429. The van der Waals surface area contributed by atoms with Crippen molar-refractivity contribution >= 4 is 11.9 Å². The molecular weight excluding hydrogens is 226 g/mol. The van der Waals surface area contributed by atoms with Crippen LogP contribution in [0.4, 0.5) is 0 Å². The fourth-order valence-electron chi connectivity index (χ4n) is 2.09. The van der Waals surface area contributed by atoms with E-state index in [1.54, 1.807) is 0 Å². The zero-order valence-electron chi connectivity index (χ0n) is 10.9. The highest BCUT2D eigenvalue weighted by molar-refractivity contribution is 6.06. The minimum atomic E-state index is -0.309. The summed E-state index contributed by atoms with van der Waals surface area (Å²) in [6, 6.07) is 7.72. The van der Waals surface area contributed by atoms with Crippen molar-refractivity contribution in [2.75, 3.05) is 6.54 Å². The number of aliphatic imine (C=N–C) groups is 1. The van der Waals surface area contributed by atoms with Crippen molar-refractivity contribution in [2.45, 2.75) is 32.7 Å². The van der Waals surface area contributed by atoms with Crippen LogP contribution in [0.25, 0.3) is 0 Å². The molecule has 1 aliphatic heterocycles. The van der Waals surface area contributed by atoms with Gasteiger partial charge in [-0.15, -0.1) is 0 Å². The van der Waals surface area contributed by atoms with E-state index in [-0.39, 0.29) is 11.9 Å². The fourth-order valence-corrected chi connectivity index (χ4v) is 2.09. The van der Waals surface area contributed by atoms with Gasteiger partial charge >= 0.3 is 0 Å². The molecule has 1 atom stereocenters. The monoisotopic (exact) mass is 245 g/mol. The summed E-state index contributed by atoms with van der Waals surface area (Å²) in [6.07, 6.45) is 1.89. The molecule has 4 heteroatoms. The molecule has 0 spiro atoms. The molecule has 0 radical (unpaired) electrons. The van der Waals surface area contributed by atoms with E-state index in [0.717, 1.165) is 24.9 Å². The van der Waals surface area contributed by atoms with Crippen molar-refractivity contribution in [3.8, 4) is 0 Å². The summed E-state index contributed by atoms with van der Waals surface area (Å²) in [7, 11) is 0. The zero-order valence-corrected chi connectivity index (χ0v) is 10.9. The molecule has 0 aromatic heterocycles. The molecule has 1 fully saturated rings. The Labute approximate surface area is 108 Å².